The van der Waals surface area contributed by atoms with Crippen molar-refractivity contribution in [2.75, 3.05) is 11.9 Å². The van der Waals surface area contributed by atoms with E-state index in [4.69, 9.17) is 4.74 Å². The van der Waals surface area contributed by atoms with Gasteiger partial charge < -0.3 is 10.1 Å². The zero-order chi connectivity index (χ0) is 15.1. The molecule has 1 N–H and O–H groups in total. The van der Waals surface area contributed by atoms with Crippen LogP contribution >= 0.6 is 0 Å². The number of hydrogen-bond acceptors (Lipinski definition) is 5. The van der Waals surface area contributed by atoms with Gasteiger partial charge in [-0.05, 0) is 25.5 Å². The molecule has 1 rings (SSSR count). The van der Waals surface area contributed by atoms with Gasteiger partial charge in [0.05, 0.1) is 18.0 Å². The van der Waals surface area contributed by atoms with Gasteiger partial charge >= 0.3 is 5.97 Å². The zero-order valence-electron chi connectivity index (χ0n) is 11.3. The minimum atomic E-state index is -0.569. The maximum Gasteiger partial charge on any atom is 0.306 e. The number of aryl methyl sites for hydroxylation is 1. The summed E-state index contributed by atoms with van der Waals surface area (Å²) in [6.07, 6.45) is -0.136. The molecule has 0 aliphatic heterocycles. The lowest BCUT2D eigenvalue weighted by atomic mass is 10.2. The first-order valence-electron chi connectivity index (χ1n) is 6.14. The summed E-state index contributed by atoms with van der Waals surface area (Å²) in [5.74, 6) is -0.937. The number of nitrogens with zero attached hydrogens (tertiary/aromatic N) is 1. The first-order valence-corrected chi connectivity index (χ1v) is 6.14. The molecule has 7 nitrogen and oxygen atoms in total. The van der Waals surface area contributed by atoms with Gasteiger partial charge in [-0.25, -0.2) is 0 Å². The van der Waals surface area contributed by atoms with E-state index in [2.05, 4.69) is 5.32 Å². The molecule has 1 aromatic carbocycles. The fourth-order valence-corrected chi connectivity index (χ4v) is 1.57. The van der Waals surface area contributed by atoms with Gasteiger partial charge in [-0.2, -0.15) is 0 Å². The van der Waals surface area contributed by atoms with Crippen LogP contribution < -0.4 is 5.32 Å². The van der Waals surface area contributed by atoms with Crippen molar-refractivity contribution in [1.29, 1.82) is 0 Å². The van der Waals surface area contributed by atoms with Crippen LogP contribution in [0, 0.1) is 17.0 Å². The third kappa shape index (κ3) is 4.68. The largest absolute Gasteiger partial charge is 0.466 e. The molecule has 20 heavy (non-hydrogen) atoms. The molecule has 1 amide bonds. The number of anilines is 1. The van der Waals surface area contributed by atoms with Crippen LogP contribution in [0.4, 0.5) is 11.4 Å². The van der Waals surface area contributed by atoms with Crippen molar-refractivity contribution in [3.05, 3.63) is 33.9 Å². The number of nitro groups is 1. The van der Waals surface area contributed by atoms with Gasteiger partial charge in [-0.1, -0.05) is 6.07 Å². The van der Waals surface area contributed by atoms with E-state index < -0.39 is 16.8 Å². The summed E-state index contributed by atoms with van der Waals surface area (Å²) in [7, 11) is 0. The molecule has 0 saturated heterocycles. The van der Waals surface area contributed by atoms with Gasteiger partial charge in [-0.3, -0.25) is 19.7 Å². The second-order valence-electron chi connectivity index (χ2n) is 4.13. The average molecular weight is 280 g/mol. The number of nitro benzene ring substituents is 1. The number of esters is 1. The molecule has 1 aromatic rings. The topological polar surface area (TPSA) is 98.5 Å². The van der Waals surface area contributed by atoms with Crippen LogP contribution in [0.2, 0.25) is 0 Å². The molecule has 0 unspecified atom stereocenters. The Labute approximate surface area is 116 Å². The smallest absolute Gasteiger partial charge is 0.306 e. The number of carbonyl (C=O) groups excluding carboxylic acids is 2. The van der Waals surface area contributed by atoms with Crippen molar-refractivity contribution in [3.8, 4) is 0 Å². The maximum atomic E-state index is 11.7. The second kappa shape index (κ2) is 7.22. The highest BCUT2D eigenvalue weighted by Crippen LogP contribution is 2.25. The van der Waals surface area contributed by atoms with Gasteiger partial charge in [0.1, 0.15) is 5.69 Å². The van der Waals surface area contributed by atoms with Crippen molar-refractivity contribution in [1.82, 2.24) is 0 Å². The summed E-state index contributed by atoms with van der Waals surface area (Å²) < 4.78 is 4.70. The summed E-state index contributed by atoms with van der Waals surface area (Å²) in [6, 6.07) is 4.43. The summed E-state index contributed by atoms with van der Waals surface area (Å²) in [6.45, 7) is 3.69. The quantitative estimate of drug-likeness (QED) is 0.489. The normalized spacial score (nSPS) is 9.90. The van der Waals surface area contributed by atoms with E-state index in [1.807, 2.05) is 0 Å². The van der Waals surface area contributed by atoms with Gasteiger partial charge in [0.15, 0.2) is 0 Å². The Morgan fingerprint density at radius 1 is 1.35 bits per heavy atom. The summed E-state index contributed by atoms with van der Waals surface area (Å²) in [5.41, 5.74) is 0.736. The first-order chi connectivity index (χ1) is 9.43. The number of rotatable bonds is 6. The Balaban J connectivity index is 2.68. The van der Waals surface area contributed by atoms with Crippen molar-refractivity contribution >= 4 is 23.3 Å². The average Bonchev–Trinajstić information content (AvgIpc) is 2.36. The van der Waals surface area contributed by atoms with Crippen LogP contribution in [0.15, 0.2) is 18.2 Å². The zero-order valence-corrected chi connectivity index (χ0v) is 11.3. The standard InChI is InChI=1S/C13H16N2O5/c1-3-20-13(17)7-6-12(16)14-10-8-9(2)4-5-11(10)15(18)19/h4-5,8H,3,6-7H2,1-2H3,(H,14,16). The number of carbonyl (C=O) groups is 2. The number of benzene rings is 1. The molecule has 108 valence electrons. The second-order valence-corrected chi connectivity index (χ2v) is 4.13. The Morgan fingerprint density at radius 2 is 2.05 bits per heavy atom. The molecule has 0 aliphatic rings. The van der Waals surface area contributed by atoms with Gasteiger partial charge in [0.2, 0.25) is 5.91 Å². The molecule has 7 heteroatoms. The Morgan fingerprint density at radius 3 is 2.65 bits per heavy atom. The van der Waals surface area contributed by atoms with Crippen LogP contribution in [-0.4, -0.2) is 23.4 Å². The van der Waals surface area contributed by atoms with Crippen molar-refractivity contribution in [2.24, 2.45) is 0 Å². The highest BCUT2D eigenvalue weighted by atomic mass is 16.6. The third-order valence-corrected chi connectivity index (χ3v) is 2.48. The number of hydrogen-bond donors (Lipinski definition) is 1. The fourth-order valence-electron chi connectivity index (χ4n) is 1.57. The summed E-state index contributed by atoms with van der Waals surface area (Å²) in [5, 5.41) is 13.3. The van der Waals surface area contributed by atoms with Crippen LogP contribution in [0.1, 0.15) is 25.3 Å². The van der Waals surface area contributed by atoms with Crippen molar-refractivity contribution in [2.45, 2.75) is 26.7 Å². The number of nitrogens with one attached hydrogen (secondary N) is 1. The fraction of sp³-hybridized carbons (Fsp3) is 0.385. The predicted octanol–water partition coefficient (Wildman–Crippen LogP) is 2.19. The van der Waals surface area contributed by atoms with Crippen LogP contribution in [0.3, 0.4) is 0 Å². The van der Waals surface area contributed by atoms with E-state index in [9.17, 15) is 19.7 Å². The van der Waals surface area contributed by atoms with Crippen molar-refractivity contribution in [3.63, 3.8) is 0 Å². The van der Waals surface area contributed by atoms with Crippen LogP contribution in [0.5, 0.6) is 0 Å². The van der Waals surface area contributed by atoms with E-state index in [1.54, 1.807) is 19.9 Å². The molecule has 0 spiro atoms. The monoisotopic (exact) mass is 280 g/mol. The molecule has 0 fully saturated rings. The lowest BCUT2D eigenvalue weighted by Crippen LogP contribution is -2.15. The molecule has 0 bridgehead atoms. The Bertz CT molecular complexity index is 527. The van der Waals surface area contributed by atoms with Gasteiger partial charge in [0.25, 0.3) is 5.69 Å². The van der Waals surface area contributed by atoms with Crippen LogP contribution in [0.25, 0.3) is 0 Å². The van der Waals surface area contributed by atoms with Crippen molar-refractivity contribution < 1.29 is 19.2 Å². The first kappa shape index (κ1) is 15.6. The van der Waals surface area contributed by atoms with E-state index in [1.165, 1.54) is 12.1 Å². The summed E-state index contributed by atoms with van der Waals surface area (Å²) >= 11 is 0. The summed E-state index contributed by atoms with van der Waals surface area (Å²) in [4.78, 5) is 33.1. The van der Waals surface area contributed by atoms with E-state index in [0.717, 1.165) is 5.56 Å². The lowest BCUT2D eigenvalue weighted by Gasteiger charge is -2.07. The van der Waals surface area contributed by atoms with E-state index >= 15 is 0 Å². The van der Waals surface area contributed by atoms with Gasteiger partial charge in [-0.15, -0.1) is 0 Å². The SMILES string of the molecule is CCOC(=O)CCC(=O)Nc1cc(C)ccc1[N+](=O)[O-]. The Kier molecular flexibility index (Phi) is 5.64. The lowest BCUT2D eigenvalue weighted by molar-refractivity contribution is -0.383. The molecule has 0 aromatic heterocycles. The molecular weight excluding hydrogens is 264 g/mol. The number of ether oxygens (including phenoxy) is 1. The molecular formula is C13H16N2O5. The molecule has 0 heterocycles. The number of amides is 1. The minimum absolute atomic E-state index is 0.0563. The predicted molar refractivity (Wildman–Crippen MR) is 72.3 cm³/mol. The van der Waals surface area contributed by atoms with Crippen LogP contribution in [-0.2, 0) is 14.3 Å². The molecule has 0 saturated carbocycles. The molecule has 0 atom stereocenters. The highest BCUT2D eigenvalue weighted by Gasteiger charge is 2.16. The Hall–Kier alpha value is -2.44. The van der Waals surface area contributed by atoms with E-state index in [0.29, 0.717) is 0 Å². The molecule has 0 radical (unpaired) electrons. The maximum absolute atomic E-state index is 11.7. The molecule has 0 aliphatic carbocycles. The van der Waals surface area contributed by atoms with Gasteiger partial charge in [0, 0.05) is 12.5 Å². The highest BCUT2D eigenvalue weighted by molar-refractivity contribution is 5.94. The minimum Gasteiger partial charge on any atom is -0.466 e. The third-order valence-electron chi connectivity index (χ3n) is 2.48. The van der Waals surface area contributed by atoms with E-state index in [-0.39, 0.29) is 30.8 Å².